The summed E-state index contributed by atoms with van der Waals surface area (Å²) < 4.78 is 12.4. The molecule has 0 radical (unpaired) electrons. The minimum Gasteiger partial charge on any atom is -0.497 e. The van der Waals surface area contributed by atoms with Crippen LogP contribution < -0.4 is 9.47 Å². The van der Waals surface area contributed by atoms with Crippen LogP contribution in [0.3, 0.4) is 0 Å². The first-order chi connectivity index (χ1) is 13.0. The molecule has 1 atom stereocenters. The second kappa shape index (κ2) is 8.07. The number of aliphatic carboxylic acids is 1. The Morgan fingerprint density at radius 3 is 2.59 bits per heavy atom. The predicted molar refractivity (Wildman–Crippen MR) is 94.5 cm³/mol. The topological polar surface area (TPSA) is 107 Å². The smallest absolute Gasteiger partial charge is 0.328 e. The maximum Gasteiger partial charge on any atom is 0.328 e. The second-order valence-electron chi connectivity index (χ2n) is 6.28. The molecule has 2 aromatic rings. The Balaban J connectivity index is 1.54. The van der Waals surface area contributed by atoms with E-state index in [0.717, 1.165) is 5.75 Å². The van der Waals surface area contributed by atoms with Crippen LogP contribution in [0.15, 0.2) is 24.3 Å². The molecule has 144 valence electrons. The third-order valence-corrected chi connectivity index (χ3v) is 4.52. The fraction of sp³-hybridized carbons (Fsp3) is 0.444. The summed E-state index contributed by atoms with van der Waals surface area (Å²) >= 11 is 0. The summed E-state index contributed by atoms with van der Waals surface area (Å²) in [4.78, 5) is 25.5. The van der Waals surface area contributed by atoms with Crippen LogP contribution in [0.25, 0.3) is 0 Å². The highest BCUT2D eigenvalue weighted by atomic mass is 16.5. The van der Waals surface area contributed by atoms with Crippen molar-refractivity contribution < 1.29 is 24.2 Å². The van der Waals surface area contributed by atoms with Crippen molar-refractivity contribution in [3.8, 4) is 11.5 Å². The van der Waals surface area contributed by atoms with Crippen molar-refractivity contribution in [1.29, 1.82) is 0 Å². The average molecular weight is 374 g/mol. The Labute approximate surface area is 156 Å². The Kier molecular flexibility index (Phi) is 5.58. The van der Waals surface area contributed by atoms with Crippen LogP contribution in [0.2, 0.25) is 0 Å². The van der Waals surface area contributed by atoms with E-state index in [2.05, 4.69) is 10.2 Å². The van der Waals surface area contributed by atoms with Gasteiger partial charge in [0.25, 0.3) is 0 Å². The number of hydrogen-bond donors (Lipinski definition) is 1. The number of carboxylic acids is 1. The quantitative estimate of drug-likeness (QED) is 0.727. The molecule has 0 aliphatic carbocycles. The van der Waals surface area contributed by atoms with E-state index in [1.54, 1.807) is 42.9 Å². The molecule has 3 rings (SSSR count). The largest absolute Gasteiger partial charge is 0.497 e. The summed E-state index contributed by atoms with van der Waals surface area (Å²) in [6.45, 7) is 2.44. The minimum atomic E-state index is -1.03. The van der Waals surface area contributed by atoms with Crippen LogP contribution in [0.4, 0.5) is 0 Å². The third-order valence-electron chi connectivity index (χ3n) is 4.52. The number of aromatic nitrogens is 3. The van der Waals surface area contributed by atoms with E-state index in [1.165, 1.54) is 4.90 Å². The molecule has 27 heavy (non-hydrogen) atoms. The summed E-state index contributed by atoms with van der Waals surface area (Å²) in [5.41, 5.74) is 0. The zero-order chi connectivity index (χ0) is 19.4. The maximum absolute atomic E-state index is 12.6. The third kappa shape index (κ3) is 4.18. The number of methoxy groups -OCH3 is 1. The first-order valence-corrected chi connectivity index (χ1v) is 8.67. The molecule has 9 nitrogen and oxygen atoms in total. The SMILES string of the molecule is COc1ccc(OCCCC(=O)N2Cc3nnc(C)n3CC2C(=O)O)cc1. The van der Waals surface area contributed by atoms with Crippen molar-refractivity contribution in [3.05, 3.63) is 35.9 Å². The van der Waals surface area contributed by atoms with Crippen molar-refractivity contribution in [2.24, 2.45) is 0 Å². The van der Waals surface area contributed by atoms with E-state index in [0.29, 0.717) is 30.4 Å². The molecule has 0 fully saturated rings. The van der Waals surface area contributed by atoms with E-state index in [9.17, 15) is 14.7 Å². The van der Waals surface area contributed by atoms with Gasteiger partial charge in [-0.2, -0.15) is 0 Å². The second-order valence-corrected chi connectivity index (χ2v) is 6.28. The first-order valence-electron chi connectivity index (χ1n) is 8.67. The highest BCUT2D eigenvalue weighted by Crippen LogP contribution is 2.20. The van der Waals surface area contributed by atoms with Gasteiger partial charge in [-0.3, -0.25) is 4.79 Å². The summed E-state index contributed by atoms with van der Waals surface area (Å²) in [5, 5.41) is 17.5. The van der Waals surface area contributed by atoms with Gasteiger partial charge >= 0.3 is 5.97 Å². The van der Waals surface area contributed by atoms with E-state index in [4.69, 9.17) is 9.47 Å². The van der Waals surface area contributed by atoms with Gasteiger partial charge in [0.05, 0.1) is 26.8 Å². The number of carboxylic acid groups (broad SMARTS) is 1. The Bertz CT molecular complexity index is 818. The van der Waals surface area contributed by atoms with Gasteiger partial charge in [0.1, 0.15) is 23.4 Å². The molecule has 1 N–H and O–H groups in total. The number of ether oxygens (including phenoxy) is 2. The molecule has 1 aromatic carbocycles. The van der Waals surface area contributed by atoms with Crippen LogP contribution in [0, 0.1) is 6.92 Å². The van der Waals surface area contributed by atoms with E-state index in [-0.39, 0.29) is 25.4 Å². The summed E-state index contributed by atoms with van der Waals surface area (Å²) in [6.07, 6.45) is 0.687. The molecular weight excluding hydrogens is 352 g/mol. The van der Waals surface area contributed by atoms with Crippen LogP contribution in [0.5, 0.6) is 11.5 Å². The standard InChI is InChI=1S/C18H22N4O5/c1-12-19-20-16-11-22(15(18(24)25)10-21(12)16)17(23)4-3-9-27-14-7-5-13(26-2)6-8-14/h5-8,15H,3-4,9-11H2,1-2H3,(H,24,25). The first kappa shape index (κ1) is 18.7. The van der Waals surface area contributed by atoms with Crippen molar-refractivity contribution >= 4 is 11.9 Å². The van der Waals surface area contributed by atoms with E-state index in [1.807, 2.05) is 0 Å². The molecule has 1 aliphatic heterocycles. The van der Waals surface area contributed by atoms with Gasteiger partial charge in [0.15, 0.2) is 5.82 Å². The number of aryl methyl sites for hydroxylation is 1. The summed E-state index contributed by atoms with van der Waals surface area (Å²) in [7, 11) is 1.59. The Morgan fingerprint density at radius 1 is 1.22 bits per heavy atom. The minimum absolute atomic E-state index is 0.149. The fourth-order valence-corrected chi connectivity index (χ4v) is 3.02. The molecule has 1 aromatic heterocycles. The number of rotatable bonds is 7. The number of fused-ring (bicyclic) bond motifs is 1. The number of amides is 1. The van der Waals surface area contributed by atoms with Crippen molar-refractivity contribution in [2.75, 3.05) is 13.7 Å². The van der Waals surface area contributed by atoms with Gasteiger partial charge in [0, 0.05) is 6.42 Å². The van der Waals surface area contributed by atoms with E-state index >= 15 is 0 Å². The van der Waals surface area contributed by atoms with Gasteiger partial charge in [-0.1, -0.05) is 0 Å². The molecule has 2 heterocycles. The van der Waals surface area contributed by atoms with Gasteiger partial charge in [0.2, 0.25) is 5.91 Å². The zero-order valence-electron chi connectivity index (χ0n) is 15.3. The Hall–Kier alpha value is -3.10. The molecule has 0 saturated carbocycles. The Morgan fingerprint density at radius 2 is 1.93 bits per heavy atom. The van der Waals surface area contributed by atoms with Gasteiger partial charge in [-0.15, -0.1) is 10.2 Å². The highest BCUT2D eigenvalue weighted by molar-refractivity contribution is 5.83. The van der Waals surface area contributed by atoms with Crippen LogP contribution in [-0.4, -0.2) is 56.4 Å². The zero-order valence-corrected chi connectivity index (χ0v) is 15.3. The molecule has 0 spiro atoms. The van der Waals surface area contributed by atoms with Crippen LogP contribution in [0.1, 0.15) is 24.5 Å². The van der Waals surface area contributed by atoms with Gasteiger partial charge in [-0.25, -0.2) is 4.79 Å². The molecule has 0 saturated heterocycles. The number of carbonyl (C=O) groups excluding carboxylic acids is 1. The normalized spacial score (nSPS) is 15.9. The molecule has 1 aliphatic rings. The maximum atomic E-state index is 12.6. The molecule has 9 heteroatoms. The van der Waals surface area contributed by atoms with Crippen LogP contribution in [-0.2, 0) is 22.7 Å². The number of nitrogens with zero attached hydrogens (tertiary/aromatic N) is 4. The van der Waals surface area contributed by atoms with Crippen LogP contribution >= 0.6 is 0 Å². The molecule has 1 amide bonds. The number of carbonyl (C=O) groups is 2. The number of hydrogen-bond acceptors (Lipinski definition) is 6. The molecule has 1 unspecified atom stereocenters. The lowest BCUT2D eigenvalue weighted by Crippen LogP contribution is -2.50. The van der Waals surface area contributed by atoms with Gasteiger partial charge < -0.3 is 24.0 Å². The molecular formula is C18H22N4O5. The lowest BCUT2D eigenvalue weighted by Gasteiger charge is -2.33. The molecule has 0 bridgehead atoms. The monoisotopic (exact) mass is 374 g/mol. The van der Waals surface area contributed by atoms with Gasteiger partial charge in [-0.05, 0) is 37.6 Å². The lowest BCUT2D eigenvalue weighted by atomic mass is 10.1. The predicted octanol–water partition coefficient (Wildman–Crippen LogP) is 1.25. The van der Waals surface area contributed by atoms with E-state index < -0.39 is 12.0 Å². The van der Waals surface area contributed by atoms with Crippen molar-refractivity contribution in [1.82, 2.24) is 19.7 Å². The van der Waals surface area contributed by atoms with Crippen molar-refractivity contribution in [2.45, 2.75) is 38.9 Å². The number of benzene rings is 1. The summed E-state index contributed by atoms with van der Waals surface area (Å²) in [5.74, 6) is 1.42. The average Bonchev–Trinajstić information content (AvgIpc) is 3.04. The van der Waals surface area contributed by atoms with Crippen molar-refractivity contribution in [3.63, 3.8) is 0 Å². The summed E-state index contributed by atoms with van der Waals surface area (Å²) in [6, 6.07) is 6.26. The lowest BCUT2D eigenvalue weighted by molar-refractivity contribution is -0.152. The highest BCUT2D eigenvalue weighted by Gasteiger charge is 2.35. The fourth-order valence-electron chi connectivity index (χ4n) is 3.02.